The van der Waals surface area contributed by atoms with Gasteiger partial charge in [0, 0.05) is 11.4 Å². The summed E-state index contributed by atoms with van der Waals surface area (Å²) in [4.78, 5) is 16.2. The van der Waals surface area contributed by atoms with Crippen LogP contribution in [0.1, 0.15) is 23.7 Å². The Hall–Kier alpha value is -2.73. The van der Waals surface area contributed by atoms with E-state index in [1.807, 2.05) is 12.1 Å². The van der Waals surface area contributed by atoms with Crippen molar-refractivity contribution >= 4 is 17.6 Å². The average Bonchev–Trinajstić information content (AvgIpc) is 3.14. The second-order valence-corrected chi connectivity index (χ2v) is 6.21. The molecule has 0 aliphatic rings. The number of aryl methyl sites for hydroxylation is 1. The summed E-state index contributed by atoms with van der Waals surface area (Å²) in [5.41, 5.74) is 1.70. The molecule has 0 bridgehead atoms. The minimum Gasteiger partial charge on any atom is -0.455 e. The van der Waals surface area contributed by atoms with Crippen molar-refractivity contribution in [1.82, 2.24) is 14.8 Å². The number of rotatable bonds is 7. The number of carbonyl (C=O) groups excluding carboxylic acids is 1. The molecule has 0 saturated carbocycles. The molecule has 1 atom stereocenters. The van der Waals surface area contributed by atoms with Gasteiger partial charge < -0.3 is 4.74 Å². The Morgan fingerprint density at radius 3 is 2.54 bits per heavy atom. The first kappa shape index (κ1) is 18.1. The van der Waals surface area contributed by atoms with Crippen LogP contribution in [0.4, 0.5) is 4.39 Å². The van der Waals surface area contributed by atoms with E-state index in [1.54, 1.807) is 35.3 Å². The van der Waals surface area contributed by atoms with E-state index in [2.05, 4.69) is 10.1 Å². The summed E-state index contributed by atoms with van der Waals surface area (Å²) < 4.78 is 20.2. The molecule has 0 radical (unpaired) electrons. The second-order valence-electron chi connectivity index (χ2n) is 5.77. The first-order valence-corrected chi connectivity index (χ1v) is 8.50. The number of hydrogen-bond donors (Lipinski definition) is 0. The lowest BCUT2D eigenvalue weighted by Crippen LogP contribution is -2.17. The monoisotopic (exact) mass is 373 g/mol. The van der Waals surface area contributed by atoms with Crippen LogP contribution in [0.15, 0.2) is 61.2 Å². The van der Waals surface area contributed by atoms with E-state index in [1.165, 1.54) is 18.5 Å². The summed E-state index contributed by atoms with van der Waals surface area (Å²) in [7, 11) is 0. The Morgan fingerprint density at radius 2 is 1.88 bits per heavy atom. The molecule has 0 aliphatic carbocycles. The molecule has 0 spiro atoms. The first-order chi connectivity index (χ1) is 12.6. The number of benzene rings is 2. The summed E-state index contributed by atoms with van der Waals surface area (Å²) in [5, 5.41) is 4.67. The maximum absolute atomic E-state index is 12.9. The van der Waals surface area contributed by atoms with E-state index in [0.717, 1.165) is 11.1 Å². The molecule has 0 amide bonds. The highest BCUT2D eigenvalue weighted by Crippen LogP contribution is 2.22. The number of aromatic nitrogens is 3. The zero-order valence-corrected chi connectivity index (χ0v) is 14.6. The Kier molecular flexibility index (Phi) is 5.96. The fourth-order valence-electron chi connectivity index (χ4n) is 2.50. The molecule has 1 heterocycles. The van der Waals surface area contributed by atoms with Gasteiger partial charge >= 0.3 is 5.97 Å². The van der Waals surface area contributed by atoms with Gasteiger partial charge in [-0.25, -0.2) is 14.1 Å². The van der Waals surface area contributed by atoms with Crippen LogP contribution in [0, 0.1) is 5.82 Å². The number of carbonyl (C=O) groups is 1. The lowest BCUT2D eigenvalue weighted by Gasteiger charge is -2.18. The van der Waals surface area contributed by atoms with Crippen LogP contribution < -0.4 is 0 Å². The van der Waals surface area contributed by atoms with Gasteiger partial charge in [0.2, 0.25) is 0 Å². The molecule has 3 aromatic rings. The van der Waals surface area contributed by atoms with E-state index in [4.69, 9.17) is 16.3 Å². The maximum atomic E-state index is 12.9. The minimum atomic E-state index is -0.505. The summed E-state index contributed by atoms with van der Waals surface area (Å²) >= 11 is 5.93. The summed E-state index contributed by atoms with van der Waals surface area (Å²) in [6.45, 7) is 0.351. The molecule has 7 heteroatoms. The van der Waals surface area contributed by atoms with Crippen LogP contribution in [-0.4, -0.2) is 20.7 Å². The third-order valence-corrected chi connectivity index (χ3v) is 4.12. The van der Waals surface area contributed by atoms with Gasteiger partial charge in [0.1, 0.15) is 24.6 Å². The second kappa shape index (κ2) is 8.58. The van der Waals surface area contributed by atoms with Gasteiger partial charge in [-0.05, 0) is 41.8 Å². The van der Waals surface area contributed by atoms with Crippen molar-refractivity contribution in [1.29, 1.82) is 0 Å². The van der Waals surface area contributed by atoms with E-state index in [-0.39, 0.29) is 18.2 Å². The SMILES string of the molecule is O=C(CCc1ccc(F)cc1)O[C@H](Cn1cncn1)c1ccc(Cl)cc1. The van der Waals surface area contributed by atoms with Crippen LogP contribution in [0.2, 0.25) is 5.02 Å². The van der Waals surface area contributed by atoms with Crippen molar-refractivity contribution in [2.75, 3.05) is 0 Å². The molecule has 2 aromatic carbocycles. The van der Waals surface area contributed by atoms with Gasteiger partial charge in [-0.1, -0.05) is 35.9 Å². The fourth-order valence-corrected chi connectivity index (χ4v) is 2.63. The highest BCUT2D eigenvalue weighted by molar-refractivity contribution is 6.30. The van der Waals surface area contributed by atoms with Gasteiger partial charge in [-0.15, -0.1) is 0 Å². The number of hydrogen-bond acceptors (Lipinski definition) is 4. The van der Waals surface area contributed by atoms with E-state index in [9.17, 15) is 9.18 Å². The highest BCUT2D eigenvalue weighted by atomic mass is 35.5. The van der Waals surface area contributed by atoms with Crippen molar-refractivity contribution in [3.05, 3.63) is 83.2 Å². The molecular weight excluding hydrogens is 357 g/mol. The van der Waals surface area contributed by atoms with Gasteiger partial charge in [0.05, 0.1) is 6.54 Å². The Bertz CT molecular complexity index is 836. The molecule has 26 heavy (non-hydrogen) atoms. The highest BCUT2D eigenvalue weighted by Gasteiger charge is 2.18. The standard InChI is InChI=1S/C19H17ClFN3O2/c20-16-6-4-15(5-7-16)18(11-24-13-22-12-23-24)26-19(25)10-3-14-1-8-17(21)9-2-14/h1-2,4-9,12-13,18H,3,10-11H2/t18-/m1/s1. The quantitative estimate of drug-likeness (QED) is 0.588. The number of nitrogens with zero attached hydrogens (tertiary/aromatic N) is 3. The van der Waals surface area contributed by atoms with Crippen LogP contribution in [0.3, 0.4) is 0 Å². The predicted molar refractivity (Wildman–Crippen MR) is 95.0 cm³/mol. The Morgan fingerprint density at radius 1 is 1.15 bits per heavy atom. The number of halogens is 2. The van der Waals surface area contributed by atoms with Gasteiger partial charge in [-0.2, -0.15) is 5.10 Å². The molecule has 1 aromatic heterocycles. The first-order valence-electron chi connectivity index (χ1n) is 8.12. The van der Waals surface area contributed by atoms with Gasteiger partial charge in [0.15, 0.2) is 0 Å². The zero-order valence-electron chi connectivity index (χ0n) is 13.9. The van der Waals surface area contributed by atoms with Crippen LogP contribution >= 0.6 is 11.6 Å². The third-order valence-electron chi connectivity index (χ3n) is 3.87. The summed E-state index contributed by atoms with van der Waals surface area (Å²) in [5.74, 6) is -0.638. The molecule has 134 valence electrons. The van der Waals surface area contributed by atoms with Crippen LogP contribution in [-0.2, 0) is 22.5 Å². The lowest BCUT2D eigenvalue weighted by molar-refractivity contribution is -0.150. The molecule has 3 rings (SSSR count). The average molecular weight is 374 g/mol. The zero-order chi connectivity index (χ0) is 18.4. The molecule has 0 unspecified atom stereocenters. The topological polar surface area (TPSA) is 57.0 Å². The van der Waals surface area contributed by atoms with Gasteiger partial charge in [-0.3, -0.25) is 4.79 Å². The van der Waals surface area contributed by atoms with Gasteiger partial charge in [0.25, 0.3) is 0 Å². The maximum Gasteiger partial charge on any atom is 0.306 e. The third kappa shape index (κ3) is 5.13. The fraction of sp³-hybridized carbons (Fsp3) is 0.211. The van der Waals surface area contributed by atoms with E-state index >= 15 is 0 Å². The van der Waals surface area contributed by atoms with Crippen molar-refractivity contribution in [3.8, 4) is 0 Å². The molecule has 0 aliphatic heterocycles. The molecule has 0 N–H and O–H groups in total. The molecule has 0 fully saturated rings. The Labute approximate surface area is 155 Å². The van der Waals surface area contributed by atoms with E-state index < -0.39 is 6.10 Å². The normalized spacial score (nSPS) is 11.9. The lowest BCUT2D eigenvalue weighted by atomic mass is 10.1. The van der Waals surface area contributed by atoms with Crippen molar-refractivity contribution in [3.63, 3.8) is 0 Å². The van der Waals surface area contributed by atoms with Crippen LogP contribution in [0.25, 0.3) is 0 Å². The van der Waals surface area contributed by atoms with Crippen molar-refractivity contribution in [2.45, 2.75) is 25.5 Å². The van der Waals surface area contributed by atoms with E-state index in [0.29, 0.717) is 18.0 Å². The molecule has 0 saturated heterocycles. The summed E-state index contributed by atoms with van der Waals surface area (Å²) in [6.07, 6.45) is 3.17. The molecular formula is C19H17ClFN3O2. The largest absolute Gasteiger partial charge is 0.455 e. The van der Waals surface area contributed by atoms with Crippen LogP contribution in [0.5, 0.6) is 0 Å². The predicted octanol–water partition coefficient (Wildman–Crippen LogP) is 3.99. The Balaban J connectivity index is 1.65. The minimum absolute atomic E-state index is 0.201. The number of ether oxygens (including phenoxy) is 1. The number of esters is 1. The molecule has 5 nitrogen and oxygen atoms in total. The smallest absolute Gasteiger partial charge is 0.306 e. The van der Waals surface area contributed by atoms with Crippen molar-refractivity contribution < 1.29 is 13.9 Å². The van der Waals surface area contributed by atoms with Crippen molar-refractivity contribution in [2.24, 2.45) is 0 Å². The summed E-state index contributed by atoms with van der Waals surface area (Å²) in [6, 6.07) is 13.2.